The molecule has 9 heteroatoms. The van der Waals surface area contributed by atoms with Gasteiger partial charge in [-0.3, -0.25) is 9.59 Å². The van der Waals surface area contributed by atoms with Gasteiger partial charge in [0.1, 0.15) is 0 Å². The Labute approximate surface area is 194 Å². The van der Waals surface area contributed by atoms with Crippen molar-refractivity contribution in [3.05, 3.63) is 95.6 Å². The molecule has 1 atom stereocenters. The Morgan fingerprint density at radius 1 is 0.971 bits per heavy atom. The lowest BCUT2D eigenvalue weighted by molar-refractivity contribution is -0.137. The Morgan fingerprint density at radius 2 is 1.62 bits per heavy atom. The first-order valence-corrected chi connectivity index (χ1v) is 10.4. The van der Waals surface area contributed by atoms with Crippen molar-refractivity contribution in [3.8, 4) is 0 Å². The summed E-state index contributed by atoms with van der Waals surface area (Å²) in [5, 5.41) is 5.38. The Kier molecular flexibility index (Phi) is 6.36. The standard InChI is InChI=1S/C25H21F3N4O2/c1-32-20-10-6-5-9-19(20)22(16-7-3-2-4-8-16)31-23(24(32)34)30-21(33)15-29-18-13-11-17(12-14-18)25(26,27)28/h2-14,23,29H,15H2,1H3,(H,30,33). The Balaban J connectivity index is 1.54. The van der Waals surface area contributed by atoms with Crippen molar-refractivity contribution in [3.63, 3.8) is 0 Å². The molecule has 2 N–H and O–H groups in total. The molecule has 0 fully saturated rings. The van der Waals surface area contributed by atoms with E-state index in [1.165, 1.54) is 17.0 Å². The van der Waals surface area contributed by atoms with Crippen LogP contribution in [-0.4, -0.2) is 37.3 Å². The number of hydrogen-bond donors (Lipinski definition) is 2. The van der Waals surface area contributed by atoms with E-state index in [9.17, 15) is 22.8 Å². The molecule has 0 saturated heterocycles. The van der Waals surface area contributed by atoms with Crippen LogP contribution in [0, 0.1) is 0 Å². The van der Waals surface area contributed by atoms with E-state index in [0.717, 1.165) is 23.3 Å². The van der Waals surface area contributed by atoms with E-state index >= 15 is 0 Å². The third-order valence-electron chi connectivity index (χ3n) is 5.35. The lowest BCUT2D eigenvalue weighted by atomic mass is 10.0. The van der Waals surface area contributed by atoms with Gasteiger partial charge in [0.2, 0.25) is 12.1 Å². The second-order valence-corrected chi connectivity index (χ2v) is 7.66. The van der Waals surface area contributed by atoms with Crippen molar-refractivity contribution in [1.82, 2.24) is 5.32 Å². The van der Waals surface area contributed by atoms with Crippen molar-refractivity contribution >= 4 is 28.9 Å². The molecule has 2 amide bonds. The van der Waals surface area contributed by atoms with Crippen LogP contribution in [0.15, 0.2) is 83.9 Å². The van der Waals surface area contributed by atoms with Crippen LogP contribution in [0.2, 0.25) is 0 Å². The number of halogens is 3. The molecule has 3 aromatic carbocycles. The van der Waals surface area contributed by atoms with Gasteiger partial charge in [-0.15, -0.1) is 0 Å². The lowest BCUT2D eigenvalue weighted by Crippen LogP contribution is -2.47. The minimum Gasteiger partial charge on any atom is -0.376 e. The molecule has 0 bridgehead atoms. The summed E-state index contributed by atoms with van der Waals surface area (Å²) in [7, 11) is 1.62. The van der Waals surface area contributed by atoms with Gasteiger partial charge in [0.15, 0.2) is 0 Å². The first-order chi connectivity index (χ1) is 16.2. The zero-order valence-electron chi connectivity index (χ0n) is 18.1. The maximum absolute atomic E-state index is 13.1. The number of benzene rings is 3. The number of carbonyl (C=O) groups excluding carboxylic acids is 2. The second-order valence-electron chi connectivity index (χ2n) is 7.66. The predicted molar refractivity (Wildman–Crippen MR) is 124 cm³/mol. The van der Waals surface area contributed by atoms with Gasteiger partial charge in [-0.2, -0.15) is 13.2 Å². The Morgan fingerprint density at radius 3 is 2.29 bits per heavy atom. The molecule has 0 aromatic heterocycles. The molecule has 4 rings (SSSR count). The summed E-state index contributed by atoms with van der Waals surface area (Å²) in [4.78, 5) is 31.7. The van der Waals surface area contributed by atoms with Gasteiger partial charge in [-0.25, -0.2) is 4.99 Å². The molecule has 0 saturated carbocycles. The van der Waals surface area contributed by atoms with Gasteiger partial charge in [-0.05, 0) is 30.3 Å². The molecular weight excluding hydrogens is 445 g/mol. The highest BCUT2D eigenvalue weighted by Gasteiger charge is 2.31. The minimum absolute atomic E-state index is 0.248. The number of alkyl halides is 3. The number of nitrogens with one attached hydrogen (secondary N) is 2. The first-order valence-electron chi connectivity index (χ1n) is 10.4. The molecule has 1 heterocycles. The fourth-order valence-corrected chi connectivity index (χ4v) is 3.61. The third kappa shape index (κ3) is 4.93. The van der Waals surface area contributed by atoms with Gasteiger partial charge in [0, 0.05) is 23.9 Å². The van der Waals surface area contributed by atoms with E-state index in [0.29, 0.717) is 17.1 Å². The zero-order valence-corrected chi connectivity index (χ0v) is 18.1. The van der Waals surface area contributed by atoms with Crippen molar-refractivity contribution in [2.24, 2.45) is 4.99 Å². The average molecular weight is 466 g/mol. The number of carbonyl (C=O) groups is 2. The number of amides is 2. The Hall–Kier alpha value is -4.14. The molecule has 0 spiro atoms. The number of benzodiazepines with no additional fused rings is 1. The van der Waals surface area contributed by atoms with Gasteiger partial charge in [-0.1, -0.05) is 48.5 Å². The third-order valence-corrected chi connectivity index (χ3v) is 5.35. The quantitative estimate of drug-likeness (QED) is 0.595. The topological polar surface area (TPSA) is 73.8 Å². The summed E-state index contributed by atoms with van der Waals surface area (Å²) in [5.41, 5.74) is 2.33. The molecule has 3 aromatic rings. The van der Waals surface area contributed by atoms with Crippen LogP contribution >= 0.6 is 0 Å². The highest BCUT2D eigenvalue weighted by molar-refractivity contribution is 6.20. The van der Waals surface area contributed by atoms with E-state index in [1.807, 2.05) is 54.6 Å². The predicted octanol–water partition coefficient (Wildman–Crippen LogP) is 4.07. The summed E-state index contributed by atoms with van der Waals surface area (Å²) in [6, 6.07) is 21.0. The maximum atomic E-state index is 13.1. The van der Waals surface area contributed by atoms with Crippen LogP contribution in [0.1, 0.15) is 16.7 Å². The number of anilines is 2. The smallest absolute Gasteiger partial charge is 0.376 e. The number of aliphatic imine (C=N–C) groups is 1. The molecule has 1 aliphatic rings. The Bertz CT molecular complexity index is 1220. The number of likely N-dealkylation sites (N-methyl/N-ethyl adjacent to an activating group) is 1. The molecule has 0 radical (unpaired) electrons. The molecule has 0 aliphatic carbocycles. The fraction of sp³-hybridized carbons (Fsp3) is 0.160. The van der Waals surface area contributed by atoms with Gasteiger partial charge >= 0.3 is 6.18 Å². The van der Waals surface area contributed by atoms with Gasteiger partial charge < -0.3 is 15.5 Å². The van der Waals surface area contributed by atoms with E-state index in [-0.39, 0.29) is 6.54 Å². The molecule has 34 heavy (non-hydrogen) atoms. The summed E-state index contributed by atoms with van der Waals surface area (Å²) in [5.74, 6) is -0.949. The van der Waals surface area contributed by atoms with E-state index in [4.69, 9.17) is 0 Å². The molecule has 6 nitrogen and oxygen atoms in total. The fourth-order valence-electron chi connectivity index (χ4n) is 3.61. The maximum Gasteiger partial charge on any atom is 0.416 e. The van der Waals surface area contributed by atoms with Crippen molar-refractivity contribution in [2.75, 3.05) is 23.8 Å². The summed E-state index contributed by atoms with van der Waals surface area (Å²) in [6.07, 6.45) is -5.61. The summed E-state index contributed by atoms with van der Waals surface area (Å²) < 4.78 is 38.1. The molecule has 174 valence electrons. The van der Waals surface area contributed by atoms with Crippen LogP contribution in [0.4, 0.5) is 24.5 Å². The minimum atomic E-state index is -4.44. The highest BCUT2D eigenvalue weighted by Crippen LogP contribution is 2.30. The van der Waals surface area contributed by atoms with Crippen LogP contribution in [0.25, 0.3) is 0 Å². The highest BCUT2D eigenvalue weighted by atomic mass is 19.4. The molecule has 1 aliphatic heterocycles. The van der Waals surface area contributed by atoms with Crippen molar-refractivity contribution in [2.45, 2.75) is 12.3 Å². The number of rotatable bonds is 5. The summed E-state index contributed by atoms with van der Waals surface area (Å²) >= 11 is 0. The van der Waals surface area contributed by atoms with Crippen molar-refractivity contribution in [1.29, 1.82) is 0 Å². The van der Waals surface area contributed by atoms with E-state index < -0.39 is 29.7 Å². The molecular formula is C25H21F3N4O2. The van der Waals surface area contributed by atoms with Gasteiger partial charge in [0.05, 0.1) is 23.5 Å². The number of para-hydroxylation sites is 1. The summed E-state index contributed by atoms with van der Waals surface area (Å²) in [6.45, 7) is -0.248. The van der Waals surface area contributed by atoms with E-state index in [2.05, 4.69) is 15.6 Å². The van der Waals surface area contributed by atoms with Crippen LogP contribution in [0.3, 0.4) is 0 Å². The SMILES string of the molecule is CN1C(=O)C(NC(=O)CNc2ccc(C(F)(F)F)cc2)N=C(c2ccccc2)c2ccccc21. The second kappa shape index (κ2) is 9.38. The first kappa shape index (κ1) is 23.0. The average Bonchev–Trinajstić information content (AvgIpc) is 2.94. The normalized spacial score (nSPS) is 15.8. The number of fused-ring (bicyclic) bond motifs is 1. The lowest BCUT2D eigenvalue weighted by Gasteiger charge is -2.21. The van der Waals surface area contributed by atoms with Crippen LogP contribution in [-0.2, 0) is 15.8 Å². The number of nitrogens with zero attached hydrogens (tertiary/aromatic N) is 2. The van der Waals surface area contributed by atoms with Crippen LogP contribution in [0.5, 0.6) is 0 Å². The number of hydrogen-bond acceptors (Lipinski definition) is 4. The van der Waals surface area contributed by atoms with Crippen molar-refractivity contribution < 1.29 is 22.8 Å². The van der Waals surface area contributed by atoms with Gasteiger partial charge in [0.25, 0.3) is 5.91 Å². The van der Waals surface area contributed by atoms with E-state index in [1.54, 1.807) is 7.05 Å². The molecule has 1 unspecified atom stereocenters. The van der Waals surface area contributed by atoms with Crippen LogP contribution < -0.4 is 15.5 Å². The monoisotopic (exact) mass is 466 g/mol. The largest absolute Gasteiger partial charge is 0.416 e. The zero-order chi connectivity index (χ0) is 24.3.